The molecule has 35 heavy (non-hydrogen) atoms. The van der Waals surface area contributed by atoms with Crippen molar-refractivity contribution < 1.29 is 13.2 Å². The fraction of sp³-hybridized carbons (Fsp3) is 0.107. The lowest BCUT2D eigenvalue weighted by molar-refractivity contribution is -0.115. The van der Waals surface area contributed by atoms with Crippen molar-refractivity contribution in [3.63, 3.8) is 0 Å². The number of carbonyl (C=O) groups is 1. The molecule has 0 aromatic heterocycles. The molecule has 1 N–H and O–H groups in total. The molecule has 1 heterocycles. The number of para-hydroxylation sites is 2. The molecule has 0 atom stereocenters. The zero-order chi connectivity index (χ0) is 24.3. The molecule has 7 heteroatoms. The molecule has 5 rings (SSSR count). The Morgan fingerprint density at radius 2 is 1.29 bits per heavy atom. The van der Waals surface area contributed by atoms with Crippen LogP contribution in [0.3, 0.4) is 0 Å². The van der Waals surface area contributed by atoms with Crippen LogP contribution in [0.2, 0.25) is 0 Å². The van der Waals surface area contributed by atoms with Crippen molar-refractivity contribution in [3.8, 4) is 0 Å². The monoisotopic (exact) mass is 500 g/mol. The lowest BCUT2D eigenvalue weighted by atomic mass is 10.0. The van der Waals surface area contributed by atoms with E-state index < -0.39 is 10.0 Å². The molecule has 1 amide bonds. The SMILES string of the molecule is O=C(CSc1ccc(NS(=O)(=O)c2ccccc2)cc1)N1c2ccccc2CCc2ccccc21. The van der Waals surface area contributed by atoms with Crippen LogP contribution in [-0.2, 0) is 27.7 Å². The number of benzene rings is 4. The molecule has 4 aromatic rings. The second kappa shape index (κ2) is 9.98. The van der Waals surface area contributed by atoms with E-state index in [-0.39, 0.29) is 16.6 Å². The van der Waals surface area contributed by atoms with Crippen molar-refractivity contribution >= 4 is 44.8 Å². The van der Waals surface area contributed by atoms with E-state index >= 15 is 0 Å². The van der Waals surface area contributed by atoms with Crippen LogP contribution in [0, 0.1) is 0 Å². The Kier molecular flexibility index (Phi) is 6.61. The Bertz CT molecular complexity index is 1410. The maximum Gasteiger partial charge on any atom is 0.261 e. The fourth-order valence-corrected chi connectivity index (χ4v) is 6.02. The van der Waals surface area contributed by atoms with Gasteiger partial charge in [-0.2, -0.15) is 0 Å². The zero-order valence-corrected chi connectivity index (χ0v) is 20.6. The minimum Gasteiger partial charge on any atom is -0.280 e. The summed E-state index contributed by atoms with van der Waals surface area (Å²) in [6.07, 6.45) is 1.79. The van der Waals surface area contributed by atoms with E-state index in [1.54, 1.807) is 42.5 Å². The van der Waals surface area contributed by atoms with Gasteiger partial charge in [0.05, 0.1) is 22.0 Å². The van der Waals surface area contributed by atoms with Gasteiger partial charge in [-0.15, -0.1) is 11.8 Å². The Balaban J connectivity index is 1.31. The Labute approximate surface area is 209 Å². The number of sulfonamides is 1. The average Bonchev–Trinajstić information content (AvgIpc) is 3.05. The maximum atomic E-state index is 13.5. The first kappa shape index (κ1) is 23.2. The minimum atomic E-state index is -3.64. The lowest BCUT2D eigenvalue weighted by Crippen LogP contribution is -2.28. The van der Waals surface area contributed by atoms with Crippen molar-refractivity contribution in [2.45, 2.75) is 22.6 Å². The number of nitrogens with one attached hydrogen (secondary N) is 1. The third kappa shape index (κ3) is 5.11. The summed E-state index contributed by atoms with van der Waals surface area (Å²) in [5.41, 5.74) is 4.68. The van der Waals surface area contributed by atoms with E-state index in [1.807, 2.05) is 53.4 Å². The number of rotatable bonds is 6. The summed E-state index contributed by atoms with van der Waals surface area (Å²) in [4.78, 5) is 16.4. The van der Waals surface area contributed by atoms with Crippen LogP contribution >= 0.6 is 11.8 Å². The first-order chi connectivity index (χ1) is 17.0. The van der Waals surface area contributed by atoms with Crippen molar-refractivity contribution in [2.75, 3.05) is 15.4 Å². The molecule has 0 saturated carbocycles. The highest BCUT2D eigenvalue weighted by Gasteiger charge is 2.25. The van der Waals surface area contributed by atoms with E-state index in [4.69, 9.17) is 0 Å². The van der Waals surface area contributed by atoms with E-state index in [0.29, 0.717) is 5.69 Å². The standard InChI is InChI=1S/C28H24N2O3S2/c31-28(30-26-12-6-4-8-21(26)14-15-22-9-5-7-13-27(22)30)20-34-24-18-16-23(17-19-24)29-35(32,33)25-10-2-1-3-11-25/h1-13,16-19,29H,14-15,20H2. The molecule has 1 aliphatic heterocycles. The van der Waals surface area contributed by atoms with Crippen molar-refractivity contribution in [1.82, 2.24) is 0 Å². The number of hydrogen-bond donors (Lipinski definition) is 1. The number of carbonyl (C=O) groups excluding carboxylic acids is 1. The minimum absolute atomic E-state index is 0.00524. The second-order valence-corrected chi connectivity index (χ2v) is 10.9. The van der Waals surface area contributed by atoms with Gasteiger partial charge in [0, 0.05) is 10.6 Å². The third-order valence-electron chi connectivity index (χ3n) is 5.90. The molecule has 0 unspecified atom stereocenters. The number of amides is 1. The molecule has 1 aliphatic rings. The van der Waals surface area contributed by atoms with Gasteiger partial charge in [-0.1, -0.05) is 54.6 Å². The summed E-state index contributed by atoms with van der Waals surface area (Å²) in [5, 5.41) is 0. The van der Waals surface area contributed by atoms with Crippen LogP contribution in [0.15, 0.2) is 113 Å². The number of hydrogen-bond acceptors (Lipinski definition) is 4. The molecule has 0 aliphatic carbocycles. The predicted molar refractivity (Wildman–Crippen MR) is 142 cm³/mol. The van der Waals surface area contributed by atoms with Crippen LogP contribution in [0.4, 0.5) is 17.1 Å². The Morgan fingerprint density at radius 3 is 1.89 bits per heavy atom. The molecule has 176 valence electrons. The molecule has 0 saturated heterocycles. The molecule has 0 fully saturated rings. The van der Waals surface area contributed by atoms with Gasteiger partial charge in [-0.3, -0.25) is 14.4 Å². The summed E-state index contributed by atoms with van der Waals surface area (Å²) in [7, 11) is -3.64. The molecular formula is C28H24N2O3S2. The van der Waals surface area contributed by atoms with E-state index in [1.165, 1.54) is 11.8 Å². The van der Waals surface area contributed by atoms with Gasteiger partial charge in [0.15, 0.2) is 0 Å². The third-order valence-corrected chi connectivity index (χ3v) is 8.29. The van der Waals surface area contributed by atoms with Crippen LogP contribution in [0.25, 0.3) is 0 Å². The van der Waals surface area contributed by atoms with Gasteiger partial charge < -0.3 is 0 Å². The number of anilines is 3. The van der Waals surface area contributed by atoms with E-state index in [2.05, 4.69) is 16.9 Å². The van der Waals surface area contributed by atoms with Crippen LogP contribution in [-0.4, -0.2) is 20.1 Å². The highest BCUT2D eigenvalue weighted by molar-refractivity contribution is 8.00. The van der Waals surface area contributed by atoms with E-state index in [9.17, 15) is 13.2 Å². The molecule has 0 radical (unpaired) electrons. The van der Waals surface area contributed by atoms with Gasteiger partial charge in [-0.25, -0.2) is 8.42 Å². The zero-order valence-electron chi connectivity index (χ0n) is 18.9. The quantitative estimate of drug-likeness (QED) is 0.328. The topological polar surface area (TPSA) is 66.5 Å². The van der Waals surface area contributed by atoms with Crippen molar-refractivity contribution in [2.24, 2.45) is 0 Å². The molecule has 0 spiro atoms. The number of thioether (sulfide) groups is 1. The first-order valence-electron chi connectivity index (χ1n) is 11.3. The first-order valence-corrected chi connectivity index (χ1v) is 13.8. The van der Waals surface area contributed by atoms with E-state index in [0.717, 1.165) is 40.2 Å². The largest absolute Gasteiger partial charge is 0.280 e. The molecule has 5 nitrogen and oxygen atoms in total. The van der Waals surface area contributed by atoms with Crippen LogP contribution in [0.5, 0.6) is 0 Å². The van der Waals surface area contributed by atoms with Crippen molar-refractivity contribution in [1.29, 1.82) is 0 Å². The van der Waals surface area contributed by atoms with Gasteiger partial charge in [0.1, 0.15) is 0 Å². The number of aryl methyl sites for hydroxylation is 2. The van der Waals surface area contributed by atoms with Gasteiger partial charge in [-0.05, 0) is 72.5 Å². The smallest absolute Gasteiger partial charge is 0.261 e. The van der Waals surface area contributed by atoms with Crippen molar-refractivity contribution in [3.05, 3.63) is 114 Å². The summed E-state index contributed by atoms with van der Waals surface area (Å²) in [5.74, 6) is 0.267. The molecule has 4 aromatic carbocycles. The Hall–Kier alpha value is -3.55. The maximum absolute atomic E-state index is 13.5. The Morgan fingerprint density at radius 1 is 0.743 bits per heavy atom. The summed E-state index contributed by atoms with van der Waals surface area (Å²) in [6, 6.07) is 31.5. The lowest BCUT2D eigenvalue weighted by Gasteiger charge is -2.25. The van der Waals surface area contributed by atoms with Gasteiger partial charge in [0.2, 0.25) is 5.91 Å². The van der Waals surface area contributed by atoms with Gasteiger partial charge in [0.25, 0.3) is 10.0 Å². The summed E-state index contributed by atoms with van der Waals surface area (Å²) in [6.45, 7) is 0. The summed E-state index contributed by atoms with van der Waals surface area (Å²) >= 11 is 1.43. The highest BCUT2D eigenvalue weighted by atomic mass is 32.2. The van der Waals surface area contributed by atoms with Gasteiger partial charge >= 0.3 is 0 Å². The predicted octanol–water partition coefficient (Wildman–Crippen LogP) is 6.04. The van der Waals surface area contributed by atoms with Crippen LogP contribution < -0.4 is 9.62 Å². The number of nitrogens with zero attached hydrogens (tertiary/aromatic N) is 1. The highest BCUT2D eigenvalue weighted by Crippen LogP contribution is 2.36. The molecular weight excluding hydrogens is 476 g/mol. The molecule has 0 bridgehead atoms. The number of fused-ring (bicyclic) bond motifs is 2. The average molecular weight is 501 g/mol. The van der Waals surface area contributed by atoms with Crippen LogP contribution in [0.1, 0.15) is 11.1 Å². The fourth-order valence-electron chi connectivity index (χ4n) is 4.19. The summed E-state index contributed by atoms with van der Waals surface area (Å²) < 4.78 is 27.7. The normalized spacial score (nSPS) is 12.9. The second-order valence-electron chi connectivity index (χ2n) is 8.22.